The molecule has 0 saturated carbocycles. The molecule has 0 spiro atoms. The van der Waals surface area contributed by atoms with E-state index in [9.17, 15) is 4.21 Å². The summed E-state index contributed by atoms with van der Waals surface area (Å²) in [7, 11) is -1.02. The molecule has 1 unspecified atom stereocenters. The number of benzene rings is 1. The van der Waals surface area contributed by atoms with Gasteiger partial charge in [-0.1, -0.05) is 6.07 Å². The molecule has 3 nitrogen and oxygen atoms in total. The van der Waals surface area contributed by atoms with Crippen LogP contribution in [0.1, 0.15) is 24.8 Å². The molecule has 0 N–H and O–H groups in total. The Morgan fingerprint density at radius 3 is 2.94 bits per heavy atom. The molecule has 2 aliphatic rings. The first-order chi connectivity index (χ1) is 8.83. The van der Waals surface area contributed by atoms with Crippen molar-refractivity contribution in [3.63, 3.8) is 0 Å². The Balaban J connectivity index is 1.57. The summed E-state index contributed by atoms with van der Waals surface area (Å²) in [5, 5.41) is 0. The highest BCUT2D eigenvalue weighted by Crippen LogP contribution is 2.28. The number of fused-ring (bicyclic) bond motifs is 1. The monoisotopic (exact) mass is 262 g/mol. The van der Waals surface area contributed by atoms with Crippen molar-refractivity contribution < 1.29 is 4.21 Å². The second-order valence-electron chi connectivity index (χ2n) is 4.99. The highest BCUT2D eigenvalue weighted by molar-refractivity contribution is 7.99. The zero-order valence-corrected chi connectivity index (χ0v) is 11.3. The first-order valence-corrected chi connectivity index (χ1v) is 7.84. The van der Waals surface area contributed by atoms with Crippen LogP contribution in [0.3, 0.4) is 0 Å². The zero-order valence-electron chi connectivity index (χ0n) is 10.5. The lowest BCUT2D eigenvalue weighted by atomic mass is 10.1. The van der Waals surface area contributed by atoms with E-state index >= 15 is 0 Å². The summed E-state index contributed by atoms with van der Waals surface area (Å²) in [5.41, 5.74) is 3.68. The Hall–Kier alpha value is -1.00. The lowest BCUT2D eigenvalue weighted by Gasteiger charge is -2.14. The minimum absolute atomic E-state index is 0.872. The lowest BCUT2D eigenvalue weighted by Crippen LogP contribution is -2.20. The summed E-state index contributed by atoms with van der Waals surface area (Å²) in [6.45, 7) is 3.72. The van der Waals surface area contributed by atoms with Crippen molar-refractivity contribution in [1.82, 2.24) is 4.90 Å². The van der Waals surface area contributed by atoms with Crippen LogP contribution in [0.15, 0.2) is 28.1 Å². The van der Waals surface area contributed by atoms with Crippen molar-refractivity contribution in [1.29, 1.82) is 0 Å². The summed E-state index contributed by atoms with van der Waals surface area (Å²) in [6.07, 6.45) is 4.97. The average molecular weight is 262 g/mol. The quantitative estimate of drug-likeness (QED) is 0.835. The maximum Gasteiger partial charge on any atom is 0.0984 e. The topological polar surface area (TPSA) is 32.7 Å². The second kappa shape index (κ2) is 5.33. The molecular formula is C14H18N2OS. The summed E-state index contributed by atoms with van der Waals surface area (Å²) in [5.74, 6) is 0. The fourth-order valence-corrected chi connectivity index (χ4v) is 3.57. The van der Waals surface area contributed by atoms with Crippen LogP contribution in [0.5, 0.6) is 0 Å². The van der Waals surface area contributed by atoms with E-state index in [-0.39, 0.29) is 0 Å². The molecule has 1 saturated heterocycles. The van der Waals surface area contributed by atoms with Crippen LogP contribution in [-0.4, -0.2) is 34.3 Å². The average Bonchev–Trinajstić information content (AvgIpc) is 3.01. The number of hydrogen-bond acceptors (Lipinski definition) is 3. The van der Waals surface area contributed by atoms with E-state index in [1.807, 2.05) is 6.07 Å². The van der Waals surface area contributed by atoms with E-state index in [1.165, 1.54) is 50.0 Å². The van der Waals surface area contributed by atoms with Crippen LogP contribution >= 0.6 is 0 Å². The Morgan fingerprint density at radius 2 is 2.11 bits per heavy atom. The molecule has 2 heterocycles. The number of aliphatic imine (C=N–C) groups is 1. The molecule has 1 aromatic carbocycles. The number of likely N-dealkylation sites (tertiary alicyclic amines) is 1. The molecule has 0 aromatic heterocycles. The molecule has 0 amide bonds. The molecule has 2 aliphatic heterocycles. The Morgan fingerprint density at radius 1 is 1.28 bits per heavy atom. The molecule has 1 fully saturated rings. The minimum Gasteiger partial charge on any atom is -0.303 e. The summed E-state index contributed by atoms with van der Waals surface area (Å²) in [6, 6.07) is 6.16. The van der Waals surface area contributed by atoms with Crippen molar-refractivity contribution in [2.75, 3.05) is 19.6 Å². The minimum atomic E-state index is -1.02. The molecule has 4 heteroatoms. The highest BCUT2D eigenvalue weighted by atomic mass is 32.2. The largest absolute Gasteiger partial charge is 0.303 e. The normalized spacial score (nSPS) is 22.6. The third kappa shape index (κ3) is 2.54. The molecule has 96 valence electrons. The van der Waals surface area contributed by atoms with Gasteiger partial charge in [0.25, 0.3) is 0 Å². The van der Waals surface area contributed by atoms with Crippen LogP contribution in [0.25, 0.3) is 0 Å². The Bertz CT molecular complexity index is 493. The van der Waals surface area contributed by atoms with Crippen LogP contribution in [0.4, 0.5) is 5.69 Å². The third-order valence-electron chi connectivity index (χ3n) is 3.67. The molecule has 0 bridgehead atoms. The van der Waals surface area contributed by atoms with Gasteiger partial charge in [0.2, 0.25) is 0 Å². The van der Waals surface area contributed by atoms with Crippen LogP contribution < -0.4 is 0 Å². The van der Waals surface area contributed by atoms with Crippen molar-refractivity contribution >= 4 is 22.0 Å². The fourth-order valence-electron chi connectivity index (χ4n) is 2.66. The van der Waals surface area contributed by atoms with Gasteiger partial charge < -0.3 is 4.90 Å². The van der Waals surface area contributed by atoms with Gasteiger partial charge in [-0.3, -0.25) is 0 Å². The third-order valence-corrected chi connectivity index (χ3v) is 4.72. The van der Waals surface area contributed by atoms with Gasteiger partial charge >= 0.3 is 0 Å². The summed E-state index contributed by atoms with van der Waals surface area (Å²) in [4.78, 5) is 7.55. The van der Waals surface area contributed by atoms with Gasteiger partial charge in [-0.25, -0.2) is 9.20 Å². The first kappa shape index (κ1) is 12.1. The highest BCUT2D eigenvalue weighted by Gasteiger charge is 2.14. The predicted molar refractivity (Wildman–Crippen MR) is 75.0 cm³/mol. The van der Waals surface area contributed by atoms with Gasteiger partial charge in [-0.05, 0) is 63.0 Å². The molecule has 1 aromatic rings. The SMILES string of the molecule is O=S1C=Nc2ccc(CCCN3CCCC3)cc21. The zero-order chi connectivity index (χ0) is 12.4. The summed E-state index contributed by atoms with van der Waals surface area (Å²) >= 11 is 0. The van der Waals surface area contributed by atoms with E-state index in [0.717, 1.165) is 17.0 Å². The van der Waals surface area contributed by atoms with E-state index in [0.29, 0.717) is 0 Å². The molecular weight excluding hydrogens is 244 g/mol. The van der Waals surface area contributed by atoms with Crippen molar-refractivity contribution in [2.24, 2.45) is 4.99 Å². The fraction of sp³-hybridized carbons (Fsp3) is 0.500. The van der Waals surface area contributed by atoms with Gasteiger partial charge in [0.15, 0.2) is 0 Å². The smallest absolute Gasteiger partial charge is 0.0984 e. The maximum absolute atomic E-state index is 11.7. The predicted octanol–water partition coefficient (Wildman–Crippen LogP) is 2.50. The number of rotatable bonds is 4. The van der Waals surface area contributed by atoms with Gasteiger partial charge in [-0.2, -0.15) is 0 Å². The number of nitrogens with zero attached hydrogens (tertiary/aromatic N) is 2. The van der Waals surface area contributed by atoms with Gasteiger partial charge in [0, 0.05) is 0 Å². The first-order valence-electron chi connectivity index (χ1n) is 6.63. The summed E-state index contributed by atoms with van der Waals surface area (Å²) < 4.78 is 11.7. The van der Waals surface area contributed by atoms with Crippen molar-refractivity contribution in [2.45, 2.75) is 30.6 Å². The number of hydrogen-bond donors (Lipinski definition) is 0. The standard InChI is InChI=1S/C14H18N2OS/c17-18-11-15-13-6-5-12(10-14(13)18)4-3-9-16-7-1-2-8-16/h5-6,10-11H,1-4,7-9H2. The molecule has 18 heavy (non-hydrogen) atoms. The van der Waals surface area contributed by atoms with Gasteiger partial charge in [0.05, 0.1) is 26.9 Å². The van der Waals surface area contributed by atoms with Gasteiger partial charge in [0.1, 0.15) is 0 Å². The molecule has 3 rings (SSSR count). The van der Waals surface area contributed by atoms with Crippen molar-refractivity contribution in [3.05, 3.63) is 23.8 Å². The van der Waals surface area contributed by atoms with E-state index in [2.05, 4.69) is 22.0 Å². The van der Waals surface area contributed by atoms with Crippen LogP contribution in [-0.2, 0) is 17.2 Å². The van der Waals surface area contributed by atoms with E-state index in [1.54, 1.807) is 0 Å². The van der Waals surface area contributed by atoms with E-state index in [4.69, 9.17) is 0 Å². The number of aryl methyl sites for hydroxylation is 1. The maximum atomic E-state index is 11.7. The lowest BCUT2D eigenvalue weighted by molar-refractivity contribution is 0.334. The Labute approximate surface area is 110 Å². The second-order valence-corrected chi connectivity index (χ2v) is 6.23. The van der Waals surface area contributed by atoms with Crippen LogP contribution in [0.2, 0.25) is 0 Å². The molecule has 0 aliphatic carbocycles. The van der Waals surface area contributed by atoms with E-state index < -0.39 is 10.8 Å². The molecule has 1 atom stereocenters. The van der Waals surface area contributed by atoms with Crippen LogP contribution in [0, 0.1) is 0 Å². The van der Waals surface area contributed by atoms with Gasteiger partial charge in [-0.15, -0.1) is 0 Å². The Kier molecular flexibility index (Phi) is 3.57. The van der Waals surface area contributed by atoms with Crippen molar-refractivity contribution in [3.8, 4) is 0 Å². The molecule has 0 radical (unpaired) electrons.